The third-order valence-corrected chi connectivity index (χ3v) is 3.27. The van der Waals surface area contributed by atoms with E-state index >= 15 is 0 Å². The maximum absolute atomic E-state index is 11.6. The molecular formula is C10H16N2O2S. The van der Waals surface area contributed by atoms with Gasteiger partial charge in [0.1, 0.15) is 0 Å². The standard InChI is InChI=1S/C8H10N2O2S.C2H6/c1-9-10(2)13(11,12)8-6-4-3-5-7-8;1-2/h3-7H,1H2,2H3;1-2H3. The molecule has 0 aliphatic rings. The molecule has 4 nitrogen and oxygen atoms in total. The topological polar surface area (TPSA) is 49.7 Å². The highest BCUT2D eigenvalue weighted by Crippen LogP contribution is 2.12. The number of nitrogens with zero attached hydrogens (tertiary/aromatic N) is 2. The van der Waals surface area contributed by atoms with E-state index in [0.717, 1.165) is 4.41 Å². The second-order valence-corrected chi connectivity index (χ2v) is 4.34. The Bertz CT molecular complexity index is 387. The minimum atomic E-state index is -3.48. The van der Waals surface area contributed by atoms with Gasteiger partial charge in [-0.05, 0) is 12.1 Å². The van der Waals surface area contributed by atoms with Gasteiger partial charge in [-0.2, -0.15) is 17.9 Å². The monoisotopic (exact) mass is 228 g/mol. The number of benzene rings is 1. The molecule has 0 heterocycles. The maximum atomic E-state index is 11.6. The molecule has 0 bridgehead atoms. The lowest BCUT2D eigenvalue weighted by molar-refractivity contribution is 0.492. The molecule has 0 aliphatic carbocycles. The fraction of sp³-hybridized carbons (Fsp3) is 0.300. The number of hydrazone groups is 1. The minimum Gasteiger partial charge on any atom is -0.200 e. The Morgan fingerprint density at radius 1 is 1.20 bits per heavy atom. The zero-order valence-electron chi connectivity index (χ0n) is 9.21. The molecule has 15 heavy (non-hydrogen) atoms. The Morgan fingerprint density at radius 2 is 1.67 bits per heavy atom. The lowest BCUT2D eigenvalue weighted by atomic mass is 10.4. The second kappa shape index (κ2) is 6.19. The van der Waals surface area contributed by atoms with E-state index in [1.54, 1.807) is 18.2 Å². The van der Waals surface area contributed by atoms with Crippen LogP contribution in [-0.2, 0) is 10.0 Å². The van der Waals surface area contributed by atoms with Crippen LogP contribution in [0.1, 0.15) is 13.8 Å². The molecular weight excluding hydrogens is 212 g/mol. The molecule has 0 saturated carbocycles. The summed E-state index contributed by atoms with van der Waals surface area (Å²) >= 11 is 0. The van der Waals surface area contributed by atoms with Gasteiger partial charge in [0.15, 0.2) is 0 Å². The van der Waals surface area contributed by atoms with Crippen LogP contribution in [0.5, 0.6) is 0 Å². The van der Waals surface area contributed by atoms with E-state index in [4.69, 9.17) is 0 Å². The van der Waals surface area contributed by atoms with Crippen molar-refractivity contribution >= 4 is 16.7 Å². The van der Waals surface area contributed by atoms with Gasteiger partial charge in [-0.25, -0.2) is 0 Å². The highest BCUT2D eigenvalue weighted by atomic mass is 32.2. The molecule has 0 radical (unpaired) electrons. The van der Waals surface area contributed by atoms with Gasteiger partial charge < -0.3 is 0 Å². The molecule has 1 aromatic carbocycles. The summed E-state index contributed by atoms with van der Waals surface area (Å²) in [6, 6.07) is 8.09. The minimum absolute atomic E-state index is 0.213. The Kier molecular flexibility index (Phi) is 5.62. The zero-order chi connectivity index (χ0) is 11.9. The van der Waals surface area contributed by atoms with Crippen LogP contribution < -0.4 is 0 Å². The third-order valence-electron chi connectivity index (χ3n) is 1.59. The molecule has 0 aromatic heterocycles. The summed E-state index contributed by atoms with van der Waals surface area (Å²) in [6.07, 6.45) is 0. The summed E-state index contributed by atoms with van der Waals surface area (Å²) in [5.41, 5.74) is 0. The normalized spacial score (nSPS) is 9.80. The van der Waals surface area contributed by atoms with Gasteiger partial charge in [0.25, 0.3) is 10.0 Å². The zero-order valence-corrected chi connectivity index (χ0v) is 10.0. The summed E-state index contributed by atoms with van der Waals surface area (Å²) in [5.74, 6) is 0. The number of hydrogen-bond acceptors (Lipinski definition) is 3. The van der Waals surface area contributed by atoms with E-state index in [0.29, 0.717) is 0 Å². The van der Waals surface area contributed by atoms with Gasteiger partial charge in [0.05, 0.1) is 4.90 Å². The molecule has 0 amide bonds. The van der Waals surface area contributed by atoms with Gasteiger partial charge in [-0.15, -0.1) is 0 Å². The van der Waals surface area contributed by atoms with Crippen molar-refractivity contribution < 1.29 is 8.42 Å². The predicted octanol–water partition coefficient (Wildman–Crippen LogP) is 1.95. The van der Waals surface area contributed by atoms with Crippen molar-refractivity contribution in [2.75, 3.05) is 7.05 Å². The highest BCUT2D eigenvalue weighted by molar-refractivity contribution is 7.89. The summed E-state index contributed by atoms with van der Waals surface area (Å²) in [7, 11) is -2.14. The van der Waals surface area contributed by atoms with E-state index in [-0.39, 0.29) is 4.90 Å². The van der Waals surface area contributed by atoms with Gasteiger partial charge in [-0.3, -0.25) is 0 Å². The molecule has 0 aliphatic heterocycles. The second-order valence-electron chi connectivity index (χ2n) is 2.39. The van der Waals surface area contributed by atoms with Crippen molar-refractivity contribution in [3.05, 3.63) is 30.3 Å². The molecule has 5 heteroatoms. The van der Waals surface area contributed by atoms with Crippen LogP contribution in [0.15, 0.2) is 40.3 Å². The molecule has 84 valence electrons. The fourth-order valence-corrected chi connectivity index (χ4v) is 1.78. The average Bonchev–Trinajstić information content (AvgIpc) is 2.31. The van der Waals surface area contributed by atoms with Crippen molar-refractivity contribution in [2.45, 2.75) is 18.7 Å². The molecule has 0 unspecified atom stereocenters. The van der Waals surface area contributed by atoms with E-state index in [2.05, 4.69) is 11.8 Å². The molecule has 0 spiro atoms. The van der Waals surface area contributed by atoms with Gasteiger partial charge in [0.2, 0.25) is 0 Å². The van der Waals surface area contributed by atoms with Gasteiger partial charge >= 0.3 is 0 Å². The summed E-state index contributed by atoms with van der Waals surface area (Å²) < 4.78 is 23.9. The Hall–Kier alpha value is -1.36. The van der Waals surface area contributed by atoms with Crippen LogP contribution in [-0.4, -0.2) is 26.6 Å². The van der Waals surface area contributed by atoms with E-state index in [1.807, 2.05) is 13.8 Å². The molecule has 0 fully saturated rings. The highest BCUT2D eigenvalue weighted by Gasteiger charge is 2.17. The largest absolute Gasteiger partial charge is 0.278 e. The number of rotatable bonds is 3. The first-order valence-corrected chi connectivity index (χ1v) is 6.03. The van der Waals surface area contributed by atoms with Crippen molar-refractivity contribution in [3.63, 3.8) is 0 Å². The number of sulfonamides is 1. The SMILES string of the molecule is C=NN(C)S(=O)(=O)c1ccccc1.CC. The van der Waals surface area contributed by atoms with Crippen LogP contribution in [0.25, 0.3) is 0 Å². The van der Waals surface area contributed by atoms with Crippen LogP contribution in [0.4, 0.5) is 0 Å². The van der Waals surface area contributed by atoms with Crippen molar-refractivity contribution in [2.24, 2.45) is 5.10 Å². The van der Waals surface area contributed by atoms with Crippen LogP contribution in [0, 0.1) is 0 Å². The summed E-state index contributed by atoms with van der Waals surface area (Å²) in [5, 5.41) is 3.33. The van der Waals surface area contributed by atoms with Crippen LogP contribution >= 0.6 is 0 Å². The first-order chi connectivity index (χ1) is 7.09. The first kappa shape index (κ1) is 13.6. The molecule has 0 saturated heterocycles. The summed E-state index contributed by atoms with van der Waals surface area (Å²) in [4.78, 5) is 0.213. The average molecular weight is 228 g/mol. The maximum Gasteiger partial charge on any atom is 0.278 e. The quantitative estimate of drug-likeness (QED) is 0.586. The Morgan fingerprint density at radius 3 is 2.07 bits per heavy atom. The molecule has 0 atom stereocenters. The number of hydrogen-bond donors (Lipinski definition) is 0. The first-order valence-electron chi connectivity index (χ1n) is 4.59. The molecule has 1 rings (SSSR count). The van der Waals surface area contributed by atoms with E-state index in [9.17, 15) is 8.42 Å². The third kappa shape index (κ3) is 3.36. The Labute approximate surface area is 91.3 Å². The smallest absolute Gasteiger partial charge is 0.200 e. The Balaban J connectivity index is 0.000000921. The van der Waals surface area contributed by atoms with Crippen LogP contribution in [0.2, 0.25) is 0 Å². The van der Waals surface area contributed by atoms with E-state index in [1.165, 1.54) is 19.2 Å². The van der Waals surface area contributed by atoms with Gasteiger partial charge in [0, 0.05) is 13.8 Å². The van der Waals surface area contributed by atoms with Crippen molar-refractivity contribution in [3.8, 4) is 0 Å². The molecule has 0 N–H and O–H groups in total. The van der Waals surface area contributed by atoms with Crippen molar-refractivity contribution in [1.82, 2.24) is 4.41 Å². The molecule has 1 aromatic rings. The van der Waals surface area contributed by atoms with Gasteiger partial charge in [-0.1, -0.05) is 32.0 Å². The van der Waals surface area contributed by atoms with E-state index < -0.39 is 10.0 Å². The lowest BCUT2D eigenvalue weighted by Crippen LogP contribution is -2.20. The van der Waals surface area contributed by atoms with Crippen LogP contribution in [0.3, 0.4) is 0 Å². The summed E-state index contributed by atoms with van der Waals surface area (Å²) in [6.45, 7) is 7.15. The van der Waals surface area contributed by atoms with Crippen molar-refractivity contribution in [1.29, 1.82) is 0 Å². The predicted molar refractivity (Wildman–Crippen MR) is 62.3 cm³/mol. The lowest BCUT2D eigenvalue weighted by Gasteiger charge is -2.11. The fourth-order valence-electron chi connectivity index (χ4n) is 0.821.